The summed E-state index contributed by atoms with van der Waals surface area (Å²) in [7, 11) is 4.81. The Bertz CT molecular complexity index is 1170. The lowest BCUT2D eigenvalue weighted by molar-refractivity contribution is -0.117. The van der Waals surface area contributed by atoms with E-state index >= 15 is 0 Å². The van der Waals surface area contributed by atoms with E-state index in [1.165, 1.54) is 11.3 Å². The first-order valence-electron chi connectivity index (χ1n) is 8.91. The molecule has 0 saturated carbocycles. The molecule has 0 aliphatic heterocycles. The first-order valence-corrected chi connectivity index (χ1v) is 9.72. The highest BCUT2D eigenvalue weighted by Crippen LogP contribution is 2.35. The molecule has 0 spiro atoms. The second-order valence-corrected chi connectivity index (χ2v) is 7.29. The lowest BCUT2D eigenvalue weighted by Crippen LogP contribution is -2.17. The Morgan fingerprint density at radius 3 is 2.38 bits per heavy atom. The Hall–Kier alpha value is -3.24. The highest BCUT2D eigenvalue weighted by atomic mass is 32.1. The molecule has 3 rings (SSSR count). The van der Waals surface area contributed by atoms with Crippen molar-refractivity contribution >= 4 is 27.5 Å². The summed E-state index contributed by atoms with van der Waals surface area (Å²) in [5.74, 6) is 4.47. The number of aromatic nitrogens is 1. The number of thiazole rings is 1. The monoisotopic (exact) mass is 410 g/mol. The maximum atomic E-state index is 12.7. The minimum atomic E-state index is -0.259. The van der Waals surface area contributed by atoms with Gasteiger partial charge in [0.25, 0.3) is 5.91 Å². The van der Waals surface area contributed by atoms with Crippen LogP contribution >= 0.6 is 11.3 Å². The minimum absolute atomic E-state index is 0.184. The Kier molecular flexibility index (Phi) is 6.25. The van der Waals surface area contributed by atoms with Crippen molar-refractivity contribution in [1.82, 2.24) is 4.57 Å². The largest absolute Gasteiger partial charge is 0.496 e. The molecule has 7 heteroatoms. The molecular weight excluding hydrogens is 388 g/mol. The van der Waals surface area contributed by atoms with Gasteiger partial charge in [0.15, 0.2) is 4.80 Å². The molecule has 1 heterocycles. The van der Waals surface area contributed by atoms with E-state index in [4.69, 9.17) is 20.6 Å². The van der Waals surface area contributed by atoms with Crippen LogP contribution in [-0.2, 0) is 17.8 Å². The van der Waals surface area contributed by atoms with Gasteiger partial charge in [-0.05, 0) is 36.2 Å². The number of terminal acetylenes is 1. The van der Waals surface area contributed by atoms with Gasteiger partial charge in [0.2, 0.25) is 0 Å². The van der Waals surface area contributed by atoms with Gasteiger partial charge in [-0.3, -0.25) is 4.79 Å². The van der Waals surface area contributed by atoms with Crippen LogP contribution < -0.4 is 19.0 Å². The number of carbonyl (C=O) groups is 1. The van der Waals surface area contributed by atoms with Gasteiger partial charge < -0.3 is 18.8 Å². The van der Waals surface area contributed by atoms with Gasteiger partial charge in [0.1, 0.15) is 27.5 Å². The predicted molar refractivity (Wildman–Crippen MR) is 114 cm³/mol. The van der Waals surface area contributed by atoms with E-state index < -0.39 is 0 Å². The molecule has 2 aromatic carbocycles. The molecule has 0 radical (unpaired) electrons. The number of hydrogen-bond acceptors (Lipinski definition) is 5. The van der Waals surface area contributed by atoms with Crippen LogP contribution in [-0.4, -0.2) is 31.8 Å². The number of methoxy groups -OCH3 is 3. The Morgan fingerprint density at radius 1 is 1.10 bits per heavy atom. The van der Waals surface area contributed by atoms with E-state index in [-0.39, 0.29) is 18.9 Å². The predicted octanol–water partition coefficient (Wildman–Crippen LogP) is 3.34. The van der Waals surface area contributed by atoms with Crippen LogP contribution in [0.1, 0.15) is 11.1 Å². The lowest BCUT2D eigenvalue weighted by atomic mass is 10.1. The van der Waals surface area contributed by atoms with Crippen LogP contribution in [0.2, 0.25) is 0 Å². The number of benzene rings is 2. The highest BCUT2D eigenvalue weighted by molar-refractivity contribution is 7.16. The van der Waals surface area contributed by atoms with E-state index in [1.807, 2.05) is 37.3 Å². The number of ether oxygens (including phenoxy) is 3. The van der Waals surface area contributed by atoms with Crippen molar-refractivity contribution in [3.63, 3.8) is 0 Å². The maximum Gasteiger partial charge on any atom is 0.252 e. The number of aryl methyl sites for hydroxylation is 1. The molecule has 0 N–H and O–H groups in total. The summed E-state index contributed by atoms with van der Waals surface area (Å²) in [5.41, 5.74) is 2.61. The number of fused-ring (bicyclic) bond motifs is 1. The zero-order valence-electron chi connectivity index (χ0n) is 16.8. The van der Waals surface area contributed by atoms with Crippen molar-refractivity contribution in [2.75, 3.05) is 21.3 Å². The smallest absolute Gasteiger partial charge is 0.252 e. The fraction of sp³-hybridized carbons (Fsp3) is 0.273. The molecule has 0 bridgehead atoms. The molecule has 0 fully saturated rings. The molecule has 0 unspecified atom stereocenters. The van der Waals surface area contributed by atoms with E-state index in [1.54, 1.807) is 25.9 Å². The lowest BCUT2D eigenvalue weighted by Gasteiger charge is -2.08. The summed E-state index contributed by atoms with van der Waals surface area (Å²) < 4.78 is 18.8. The van der Waals surface area contributed by atoms with Gasteiger partial charge in [-0.2, -0.15) is 4.99 Å². The maximum absolute atomic E-state index is 12.7. The highest BCUT2D eigenvalue weighted by Gasteiger charge is 2.16. The van der Waals surface area contributed by atoms with Crippen molar-refractivity contribution in [2.45, 2.75) is 19.9 Å². The van der Waals surface area contributed by atoms with Crippen molar-refractivity contribution in [1.29, 1.82) is 0 Å². The summed E-state index contributed by atoms with van der Waals surface area (Å²) in [6.45, 7) is 2.20. The quantitative estimate of drug-likeness (QED) is 0.585. The molecule has 0 aliphatic carbocycles. The van der Waals surface area contributed by atoms with Crippen LogP contribution in [0.3, 0.4) is 0 Å². The normalized spacial score (nSPS) is 11.3. The fourth-order valence-electron chi connectivity index (χ4n) is 3.15. The molecule has 3 aromatic rings. The van der Waals surface area contributed by atoms with Crippen molar-refractivity contribution in [3.05, 3.63) is 46.3 Å². The third-order valence-corrected chi connectivity index (χ3v) is 5.57. The van der Waals surface area contributed by atoms with Crippen LogP contribution in [0.15, 0.2) is 35.3 Å². The first-order chi connectivity index (χ1) is 14.0. The topological polar surface area (TPSA) is 62.1 Å². The Balaban J connectivity index is 2.07. The molecule has 0 aliphatic rings. The van der Waals surface area contributed by atoms with Crippen molar-refractivity contribution in [3.8, 4) is 29.6 Å². The molecule has 0 saturated heterocycles. The zero-order chi connectivity index (χ0) is 21.0. The van der Waals surface area contributed by atoms with Gasteiger partial charge in [0.05, 0.1) is 34.3 Å². The number of amides is 1. The summed E-state index contributed by atoms with van der Waals surface area (Å²) >= 11 is 1.35. The summed E-state index contributed by atoms with van der Waals surface area (Å²) in [6, 6.07) is 9.28. The molecule has 1 aromatic heterocycles. The minimum Gasteiger partial charge on any atom is -0.496 e. The Labute approximate surface area is 173 Å². The van der Waals surface area contributed by atoms with Gasteiger partial charge >= 0.3 is 0 Å². The van der Waals surface area contributed by atoms with E-state index in [2.05, 4.69) is 10.9 Å². The van der Waals surface area contributed by atoms with E-state index in [9.17, 15) is 4.79 Å². The number of nitrogens with zero attached hydrogens (tertiary/aromatic N) is 2. The van der Waals surface area contributed by atoms with Gasteiger partial charge in [-0.15, -0.1) is 6.42 Å². The molecule has 1 amide bonds. The van der Waals surface area contributed by atoms with Crippen LogP contribution in [0, 0.1) is 19.3 Å². The van der Waals surface area contributed by atoms with Crippen molar-refractivity contribution < 1.29 is 19.0 Å². The third-order valence-electron chi connectivity index (χ3n) is 4.48. The standard InChI is InChI=1S/C22H22N2O4S/c1-6-11-24-20-17(27-4)9-10-18(28-5)21(20)29-22(24)23-19(25)13-15-7-8-16(26-3)14(2)12-15/h1,7-10,12H,11,13H2,2-5H3. The molecular formula is C22H22N2O4S. The summed E-state index contributed by atoms with van der Waals surface area (Å²) in [5, 5.41) is 0. The van der Waals surface area contributed by atoms with Crippen molar-refractivity contribution in [2.24, 2.45) is 4.99 Å². The summed E-state index contributed by atoms with van der Waals surface area (Å²) in [4.78, 5) is 17.5. The molecule has 6 nitrogen and oxygen atoms in total. The second kappa shape index (κ2) is 8.84. The number of rotatable bonds is 6. The number of hydrogen-bond donors (Lipinski definition) is 0. The molecule has 29 heavy (non-hydrogen) atoms. The average Bonchev–Trinajstić information content (AvgIpc) is 3.05. The van der Waals surface area contributed by atoms with Gasteiger partial charge in [-0.1, -0.05) is 29.4 Å². The Morgan fingerprint density at radius 2 is 1.76 bits per heavy atom. The number of carbonyl (C=O) groups excluding carboxylic acids is 1. The van der Waals surface area contributed by atoms with E-state index in [0.717, 1.165) is 27.1 Å². The van der Waals surface area contributed by atoms with Crippen LogP contribution in [0.4, 0.5) is 0 Å². The molecule has 150 valence electrons. The van der Waals surface area contributed by atoms with Crippen LogP contribution in [0.5, 0.6) is 17.2 Å². The van der Waals surface area contributed by atoms with E-state index in [0.29, 0.717) is 16.3 Å². The van der Waals surface area contributed by atoms with Gasteiger partial charge in [-0.25, -0.2) is 0 Å². The second-order valence-electron chi connectivity index (χ2n) is 6.31. The average molecular weight is 410 g/mol. The zero-order valence-corrected chi connectivity index (χ0v) is 17.6. The SMILES string of the molecule is C#CCn1c(=NC(=O)Cc2ccc(OC)c(C)c2)sc2c(OC)ccc(OC)c21. The van der Waals surface area contributed by atoms with Gasteiger partial charge in [0, 0.05) is 0 Å². The third kappa shape index (κ3) is 4.13. The summed E-state index contributed by atoms with van der Waals surface area (Å²) in [6.07, 6.45) is 5.75. The fourth-order valence-corrected chi connectivity index (χ4v) is 4.30. The first kappa shape index (κ1) is 20.5. The molecule has 0 atom stereocenters. The van der Waals surface area contributed by atoms with Crippen LogP contribution in [0.25, 0.3) is 10.2 Å².